The molecule has 0 saturated carbocycles. The number of rotatable bonds is 7. The van der Waals surface area contributed by atoms with E-state index in [-0.39, 0.29) is 12.1 Å². The molecule has 0 aliphatic carbocycles. The zero-order valence-electron chi connectivity index (χ0n) is 11.3. The number of thiophene rings is 1. The smallest absolute Gasteiger partial charge is 0.0593 e. The Kier molecular flexibility index (Phi) is 6.12. The molecule has 0 spiro atoms. The van der Waals surface area contributed by atoms with Crippen molar-refractivity contribution in [2.45, 2.75) is 32.9 Å². The molecule has 17 heavy (non-hydrogen) atoms. The van der Waals surface area contributed by atoms with Crippen LogP contribution in [0.25, 0.3) is 0 Å². The largest absolute Gasteiger partial charge is 0.380 e. The Bertz CT molecular complexity index is 325. The van der Waals surface area contributed by atoms with Gasteiger partial charge in [-0.25, -0.2) is 0 Å². The van der Waals surface area contributed by atoms with Crippen LogP contribution in [0.4, 0.5) is 0 Å². The molecule has 1 aromatic rings. The van der Waals surface area contributed by atoms with Crippen molar-refractivity contribution in [3.63, 3.8) is 0 Å². The molecular weight excluding hydrogens is 232 g/mol. The molecule has 2 N–H and O–H groups in total. The van der Waals surface area contributed by atoms with Crippen molar-refractivity contribution in [1.82, 2.24) is 4.90 Å². The van der Waals surface area contributed by atoms with Crippen molar-refractivity contribution in [2.75, 3.05) is 26.8 Å². The highest BCUT2D eigenvalue weighted by molar-refractivity contribution is 7.10. The summed E-state index contributed by atoms with van der Waals surface area (Å²) in [6.07, 6.45) is 0. The van der Waals surface area contributed by atoms with Crippen LogP contribution in [-0.4, -0.2) is 37.7 Å². The summed E-state index contributed by atoms with van der Waals surface area (Å²) in [6.45, 7) is 8.69. The number of hydrogen-bond donors (Lipinski definition) is 1. The number of nitrogens with zero attached hydrogens (tertiary/aromatic N) is 1. The van der Waals surface area contributed by atoms with Gasteiger partial charge in [0, 0.05) is 24.1 Å². The monoisotopic (exact) mass is 256 g/mol. The molecule has 2 unspecified atom stereocenters. The van der Waals surface area contributed by atoms with Crippen LogP contribution in [0.3, 0.4) is 0 Å². The highest BCUT2D eigenvalue weighted by Crippen LogP contribution is 2.29. The van der Waals surface area contributed by atoms with Gasteiger partial charge in [0.15, 0.2) is 0 Å². The molecule has 1 heterocycles. The predicted octanol–water partition coefficient (Wildman–Crippen LogP) is 2.41. The Labute approximate surface area is 109 Å². The van der Waals surface area contributed by atoms with Crippen molar-refractivity contribution < 1.29 is 4.74 Å². The first-order valence-electron chi connectivity index (χ1n) is 6.15. The van der Waals surface area contributed by atoms with Gasteiger partial charge in [0.25, 0.3) is 0 Å². The number of nitrogens with two attached hydrogens (primary N) is 1. The average molecular weight is 256 g/mol. The number of hydrogen-bond acceptors (Lipinski definition) is 4. The summed E-state index contributed by atoms with van der Waals surface area (Å²) in [5.41, 5.74) is 7.46. The Morgan fingerprint density at radius 1 is 1.53 bits per heavy atom. The minimum absolute atomic E-state index is 0.124. The van der Waals surface area contributed by atoms with E-state index in [2.05, 4.69) is 37.2 Å². The Morgan fingerprint density at radius 3 is 2.71 bits per heavy atom. The van der Waals surface area contributed by atoms with E-state index in [0.29, 0.717) is 0 Å². The van der Waals surface area contributed by atoms with E-state index in [0.717, 1.165) is 19.8 Å². The van der Waals surface area contributed by atoms with E-state index < -0.39 is 0 Å². The van der Waals surface area contributed by atoms with Crippen molar-refractivity contribution >= 4 is 11.3 Å². The Hall–Kier alpha value is -0.420. The maximum Gasteiger partial charge on any atom is 0.0593 e. The van der Waals surface area contributed by atoms with Gasteiger partial charge in [-0.3, -0.25) is 4.90 Å². The van der Waals surface area contributed by atoms with E-state index >= 15 is 0 Å². The average Bonchev–Trinajstić information content (AvgIpc) is 2.65. The summed E-state index contributed by atoms with van der Waals surface area (Å²) in [7, 11) is 2.12. The van der Waals surface area contributed by atoms with Crippen molar-refractivity contribution in [3.8, 4) is 0 Å². The Balaban J connectivity index is 2.69. The molecule has 2 atom stereocenters. The fourth-order valence-corrected chi connectivity index (χ4v) is 3.23. The summed E-state index contributed by atoms with van der Waals surface area (Å²) in [5, 5.41) is 2.14. The molecular formula is C13H24N2OS. The van der Waals surface area contributed by atoms with Gasteiger partial charge in [-0.2, -0.15) is 0 Å². The topological polar surface area (TPSA) is 38.5 Å². The van der Waals surface area contributed by atoms with Crippen LogP contribution in [-0.2, 0) is 4.74 Å². The third kappa shape index (κ3) is 4.07. The number of aryl methyl sites for hydroxylation is 1. The van der Waals surface area contributed by atoms with E-state index in [1.807, 2.05) is 6.92 Å². The lowest BCUT2D eigenvalue weighted by Gasteiger charge is -2.30. The summed E-state index contributed by atoms with van der Waals surface area (Å²) in [6, 6.07) is 2.57. The molecule has 98 valence electrons. The van der Waals surface area contributed by atoms with Crippen LogP contribution < -0.4 is 5.73 Å². The second-order valence-corrected chi connectivity index (χ2v) is 5.40. The second kappa shape index (κ2) is 7.11. The lowest BCUT2D eigenvalue weighted by molar-refractivity contribution is 0.103. The molecule has 0 fully saturated rings. The lowest BCUT2D eigenvalue weighted by atomic mass is 10.0. The van der Waals surface area contributed by atoms with E-state index in [1.54, 1.807) is 11.3 Å². The van der Waals surface area contributed by atoms with Gasteiger partial charge in [0.2, 0.25) is 0 Å². The summed E-state index contributed by atoms with van der Waals surface area (Å²) in [4.78, 5) is 3.66. The zero-order valence-corrected chi connectivity index (χ0v) is 12.1. The van der Waals surface area contributed by atoms with Crippen LogP contribution in [0.5, 0.6) is 0 Å². The van der Waals surface area contributed by atoms with Crippen LogP contribution in [0.1, 0.15) is 30.3 Å². The molecule has 0 amide bonds. The minimum Gasteiger partial charge on any atom is -0.380 e. The highest BCUT2D eigenvalue weighted by Gasteiger charge is 2.23. The van der Waals surface area contributed by atoms with Crippen LogP contribution in [0.15, 0.2) is 11.4 Å². The molecule has 0 saturated heterocycles. The SMILES string of the molecule is CCOCCN(C)C(c1sccc1C)C(C)N. The van der Waals surface area contributed by atoms with E-state index in [1.165, 1.54) is 10.4 Å². The first-order chi connectivity index (χ1) is 8.07. The van der Waals surface area contributed by atoms with Crippen LogP contribution >= 0.6 is 11.3 Å². The van der Waals surface area contributed by atoms with Gasteiger partial charge in [-0.1, -0.05) is 0 Å². The molecule has 0 aliphatic rings. The predicted molar refractivity (Wildman–Crippen MR) is 74.6 cm³/mol. The van der Waals surface area contributed by atoms with Crippen LogP contribution in [0, 0.1) is 6.92 Å². The summed E-state index contributed by atoms with van der Waals surface area (Å²) in [5.74, 6) is 0. The van der Waals surface area contributed by atoms with E-state index in [9.17, 15) is 0 Å². The summed E-state index contributed by atoms with van der Waals surface area (Å²) < 4.78 is 5.40. The summed E-state index contributed by atoms with van der Waals surface area (Å²) >= 11 is 1.79. The van der Waals surface area contributed by atoms with Gasteiger partial charge in [-0.15, -0.1) is 11.3 Å². The van der Waals surface area contributed by atoms with Gasteiger partial charge in [0.1, 0.15) is 0 Å². The number of ether oxygens (including phenoxy) is 1. The van der Waals surface area contributed by atoms with Gasteiger partial charge in [0.05, 0.1) is 12.6 Å². The van der Waals surface area contributed by atoms with Gasteiger partial charge >= 0.3 is 0 Å². The van der Waals surface area contributed by atoms with Gasteiger partial charge in [-0.05, 0) is 44.8 Å². The van der Waals surface area contributed by atoms with E-state index in [4.69, 9.17) is 10.5 Å². The van der Waals surface area contributed by atoms with Gasteiger partial charge < -0.3 is 10.5 Å². The molecule has 0 radical (unpaired) electrons. The molecule has 0 bridgehead atoms. The fraction of sp³-hybridized carbons (Fsp3) is 0.692. The minimum atomic E-state index is 0.124. The normalized spacial score (nSPS) is 15.2. The standard InChI is InChI=1S/C13H24N2OS/c1-5-16-8-7-15(4)12(11(3)14)13-10(2)6-9-17-13/h6,9,11-12H,5,7-8,14H2,1-4H3. The molecule has 1 rings (SSSR count). The highest BCUT2D eigenvalue weighted by atomic mass is 32.1. The first kappa shape index (κ1) is 14.6. The second-order valence-electron chi connectivity index (χ2n) is 4.45. The quantitative estimate of drug-likeness (QED) is 0.761. The maximum absolute atomic E-state index is 6.13. The molecule has 3 nitrogen and oxygen atoms in total. The van der Waals surface area contributed by atoms with Crippen molar-refractivity contribution in [3.05, 3.63) is 21.9 Å². The first-order valence-corrected chi connectivity index (χ1v) is 7.03. The third-order valence-corrected chi connectivity index (χ3v) is 4.03. The molecule has 4 heteroatoms. The Morgan fingerprint density at radius 2 is 2.24 bits per heavy atom. The molecule has 1 aromatic heterocycles. The third-order valence-electron chi connectivity index (χ3n) is 2.94. The lowest BCUT2D eigenvalue weighted by Crippen LogP contribution is -2.38. The maximum atomic E-state index is 6.13. The van der Waals surface area contributed by atoms with Crippen LogP contribution in [0.2, 0.25) is 0 Å². The zero-order chi connectivity index (χ0) is 12.8. The molecule has 0 aromatic carbocycles. The fourth-order valence-electron chi connectivity index (χ4n) is 2.02. The van der Waals surface area contributed by atoms with Crippen molar-refractivity contribution in [2.24, 2.45) is 5.73 Å². The van der Waals surface area contributed by atoms with Crippen molar-refractivity contribution in [1.29, 1.82) is 0 Å². The number of likely N-dealkylation sites (N-methyl/N-ethyl adjacent to an activating group) is 1. The molecule has 0 aliphatic heterocycles.